The van der Waals surface area contributed by atoms with E-state index in [1.165, 1.54) is 0 Å². The van der Waals surface area contributed by atoms with Gasteiger partial charge in [0.1, 0.15) is 6.42 Å². The summed E-state index contributed by atoms with van der Waals surface area (Å²) in [5, 5.41) is 12.6. The first-order chi connectivity index (χ1) is 12.2. The molecule has 0 saturated carbocycles. The molecule has 0 aliphatic heterocycles. The summed E-state index contributed by atoms with van der Waals surface area (Å²) in [5.41, 5.74) is 1.54. The Kier molecular flexibility index (Phi) is 4.33. The van der Waals surface area contributed by atoms with Crippen molar-refractivity contribution in [3.8, 4) is 22.8 Å². The fourth-order valence-electron chi connectivity index (χ4n) is 2.27. The highest BCUT2D eigenvalue weighted by atomic mass is 79.9. The van der Waals surface area contributed by atoms with Gasteiger partial charge < -0.3 is 8.94 Å². The molecule has 2 aromatic heterocycles. The molecule has 0 spiro atoms. The van der Waals surface area contributed by atoms with E-state index in [0.29, 0.717) is 34.1 Å². The third kappa shape index (κ3) is 3.47. The molecule has 2 heterocycles. The molecule has 0 aliphatic rings. The number of benzene rings is 2. The number of rotatable bonds is 4. The quantitative estimate of drug-likeness (QED) is 0.475. The zero-order valence-corrected chi connectivity index (χ0v) is 15.0. The highest BCUT2D eigenvalue weighted by Gasteiger charge is 2.15. The summed E-state index contributed by atoms with van der Waals surface area (Å²) in [5.74, 6) is 1.62. The first-order valence-electron chi connectivity index (χ1n) is 7.35. The molecule has 4 rings (SSSR count). The predicted octanol–water partition coefficient (Wildman–Crippen LogP) is 4.79. The lowest BCUT2D eigenvalue weighted by molar-refractivity contribution is 0.374. The van der Waals surface area contributed by atoms with E-state index in [1.807, 2.05) is 42.5 Å². The van der Waals surface area contributed by atoms with Gasteiger partial charge in [-0.3, -0.25) is 0 Å². The van der Waals surface area contributed by atoms with Crippen LogP contribution in [0.3, 0.4) is 0 Å². The van der Waals surface area contributed by atoms with E-state index in [4.69, 9.17) is 20.5 Å². The van der Waals surface area contributed by atoms with Crippen LogP contribution < -0.4 is 0 Å². The third-order valence-electron chi connectivity index (χ3n) is 3.42. The second-order valence-electron chi connectivity index (χ2n) is 5.18. The molecule has 0 N–H and O–H groups in total. The maximum atomic E-state index is 6.15. The van der Waals surface area contributed by atoms with Crippen LogP contribution in [0.5, 0.6) is 0 Å². The van der Waals surface area contributed by atoms with Crippen molar-refractivity contribution in [2.24, 2.45) is 0 Å². The van der Waals surface area contributed by atoms with Crippen molar-refractivity contribution in [3.63, 3.8) is 0 Å². The minimum Gasteiger partial charge on any atom is -0.420 e. The van der Waals surface area contributed by atoms with Gasteiger partial charge in [0, 0.05) is 15.6 Å². The van der Waals surface area contributed by atoms with Crippen LogP contribution in [-0.4, -0.2) is 20.3 Å². The Morgan fingerprint density at radius 3 is 2.72 bits per heavy atom. The highest BCUT2D eigenvalue weighted by Crippen LogP contribution is 2.26. The van der Waals surface area contributed by atoms with Gasteiger partial charge in [-0.2, -0.15) is 4.98 Å². The van der Waals surface area contributed by atoms with Gasteiger partial charge in [0.15, 0.2) is 0 Å². The molecule has 6 nitrogen and oxygen atoms in total. The van der Waals surface area contributed by atoms with Crippen LogP contribution in [-0.2, 0) is 6.42 Å². The second kappa shape index (κ2) is 6.78. The molecular formula is C17H10BrClN4O2. The van der Waals surface area contributed by atoms with Crippen LogP contribution in [0.25, 0.3) is 22.8 Å². The van der Waals surface area contributed by atoms with Crippen LogP contribution in [0, 0.1) is 0 Å². The summed E-state index contributed by atoms with van der Waals surface area (Å²) in [6, 6.07) is 14.9. The molecule has 4 aromatic rings. The van der Waals surface area contributed by atoms with Gasteiger partial charge in [-0.1, -0.05) is 50.9 Å². The van der Waals surface area contributed by atoms with Gasteiger partial charge in [0.2, 0.25) is 23.5 Å². The molecule has 124 valence electrons. The first-order valence-corrected chi connectivity index (χ1v) is 8.52. The van der Waals surface area contributed by atoms with Crippen molar-refractivity contribution in [2.75, 3.05) is 0 Å². The van der Waals surface area contributed by atoms with Crippen molar-refractivity contribution >= 4 is 27.5 Å². The van der Waals surface area contributed by atoms with Crippen molar-refractivity contribution < 1.29 is 8.94 Å². The van der Waals surface area contributed by atoms with Gasteiger partial charge >= 0.3 is 0 Å². The van der Waals surface area contributed by atoms with Gasteiger partial charge in [0.25, 0.3) is 0 Å². The summed E-state index contributed by atoms with van der Waals surface area (Å²) in [6.07, 6.45) is 0.248. The van der Waals surface area contributed by atoms with Crippen molar-refractivity contribution in [1.29, 1.82) is 0 Å². The van der Waals surface area contributed by atoms with E-state index in [0.717, 1.165) is 10.0 Å². The van der Waals surface area contributed by atoms with Crippen molar-refractivity contribution in [3.05, 3.63) is 69.8 Å². The molecule has 0 unspecified atom stereocenters. The van der Waals surface area contributed by atoms with Crippen LogP contribution in [0.15, 0.2) is 61.9 Å². The summed E-state index contributed by atoms with van der Waals surface area (Å²) in [6.45, 7) is 0. The van der Waals surface area contributed by atoms with Crippen LogP contribution in [0.4, 0.5) is 0 Å². The summed E-state index contributed by atoms with van der Waals surface area (Å²) >= 11 is 9.56. The van der Waals surface area contributed by atoms with Crippen LogP contribution in [0.1, 0.15) is 11.8 Å². The average molecular weight is 418 g/mol. The molecule has 2 aromatic carbocycles. The molecule has 0 fully saturated rings. The lowest BCUT2D eigenvalue weighted by Gasteiger charge is -1.96. The highest BCUT2D eigenvalue weighted by molar-refractivity contribution is 9.10. The van der Waals surface area contributed by atoms with E-state index in [2.05, 4.69) is 36.3 Å². The minimum atomic E-state index is 0.248. The second-order valence-corrected chi connectivity index (χ2v) is 6.50. The Labute approximate surface area is 156 Å². The third-order valence-corrected chi connectivity index (χ3v) is 4.25. The lowest BCUT2D eigenvalue weighted by Crippen LogP contribution is -1.89. The van der Waals surface area contributed by atoms with Gasteiger partial charge in [-0.25, -0.2) is 0 Å². The maximum absolute atomic E-state index is 6.15. The largest absolute Gasteiger partial charge is 0.420 e. The zero-order valence-electron chi connectivity index (χ0n) is 12.7. The Morgan fingerprint density at radius 2 is 1.88 bits per heavy atom. The fourth-order valence-corrected chi connectivity index (χ4v) is 2.89. The summed E-state index contributed by atoms with van der Waals surface area (Å²) in [4.78, 5) is 4.34. The van der Waals surface area contributed by atoms with E-state index in [-0.39, 0.29) is 6.42 Å². The topological polar surface area (TPSA) is 77.8 Å². The Hall–Kier alpha value is -2.51. The maximum Gasteiger partial charge on any atom is 0.247 e. The van der Waals surface area contributed by atoms with Crippen molar-refractivity contribution in [1.82, 2.24) is 20.3 Å². The van der Waals surface area contributed by atoms with Crippen LogP contribution in [0.2, 0.25) is 5.02 Å². The smallest absolute Gasteiger partial charge is 0.247 e. The monoisotopic (exact) mass is 416 g/mol. The predicted molar refractivity (Wildman–Crippen MR) is 95.0 cm³/mol. The molecule has 0 amide bonds. The number of hydrogen-bond donors (Lipinski definition) is 0. The van der Waals surface area contributed by atoms with Crippen LogP contribution >= 0.6 is 27.5 Å². The molecule has 0 bridgehead atoms. The number of aromatic nitrogens is 4. The minimum absolute atomic E-state index is 0.248. The molecular weight excluding hydrogens is 408 g/mol. The Balaban J connectivity index is 1.55. The lowest BCUT2D eigenvalue weighted by atomic mass is 10.2. The molecule has 0 aliphatic carbocycles. The number of nitrogens with zero attached hydrogens (tertiary/aromatic N) is 4. The standard InChI is InChI=1S/C17H10BrClN4O2/c18-11-5-3-4-10(8-11)17-22-21-15(24-17)9-14-20-16(23-25-14)12-6-1-2-7-13(12)19/h1-8H,9H2. The zero-order chi connectivity index (χ0) is 17.2. The summed E-state index contributed by atoms with van der Waals surface area (Å²) < 4.78 is 11.9. The molecule has 25 heavy (non-hydrogen) atoms. The van der Waals surface area contributed by atoms with E-state index >= 15 is 0 Å². The average Bonchev–Trinajstić information content (AvgIpc) is 3.25. The first kappa shape index (κ1) is 16.0. The molecule has 0 atom stereocenters. The number of hydrogen-bond acceptors (Lipinski definition) is 6. The number of halogens is 2. The Morgan fingerprint density at radius 1 is 1.00 bits per heavy atom. The molecule has 8 heteroatoms. The molecule has 0 saturated heterocycles. The SMILES string of the molecule is Clc1ccccc1-c1noc(Cc2nnc(-c3cccc(Br)c3)o2)n1. The van der Waals surface area contributed by atoms with Gasteiger partial charge in [-0.15, -0.1) is 10.2 Å². The van der Waals surface area contributed by atoms with E-state index in [9.17, 15) is 0 Å². The fraction of sp³-hybridized carbons (Fsp3) is 0.0588. The molecule has 0 radical (unpaired) electrons. The summed E-state index contributed by atoms with van der Waals surface area (Å²) in [7, 11) is 0. The van der Waals surface area contributed by atoms with E-state index < -0.39 is 0 Å². The Bertz CT molecular complexity index is 1030. The van der Waals surface area contributed by atoms with E-state index in [1.54, 1.807) is 6.07 Å². The van der Waals surface area contributed by atoms with Gasteiger partial charge in [-0.05, 0) is 30.3 Å². The normalized spacial score (nSPS) is 11.0. The van der Waals surface area contributed by atoms with Gasteiger partial charge in [0.05, 0.1) is 5.02 Å². The van der Waals surface area contributed by atoms with Crippen molar-refractivity contribution in [2.45, 2.75) is 6.42 Å².